The molecule has 1 atom stereocenters. The topological polar surface area (TPSA) is 107 Å². The number of anilines is 1. The fourth-order valence-electron chi connectivity index (χ4n) is 3.08. The molecular formula is C21H18N4O4. The molecule has 0 saturated carbocycles. The lowest BCUT2D eigenvalue weighted by atomic mass is 10.0. The monoisotopic (exact) mass is 390 g/mol. The van der Waals surface area contributed by atoms with Gasteiger partial charge in [-0.15, -0.1) is 0 Å². The SMILES string of the molecule is CC[C@H](Nc1ccc(-c2nc(-c3ccco3)no2)cc1[N+](=O)[O-])c1ccccc1. The second-order valence-electron chi connectivity index (χ2n) is 6.41. The van der Waals surface area contributed by atoms with Gasteiger partial charge in [-0.05, 0) is 36.2 Å². The van der Waals surface area contributed by atoms with Crippen molar-refractivity contribution in [2.24, 2.45) is 0 Å². The summed E-state index contributed by atoms with van der Waals surface area (Å²) in [4.78, 5) is 15.5. The van der Waals surface area contributed by atoms with Crippen molar-refractivity contribution in [1.82, 2.24) is 10.1 Å². The van der Waals surface area contributed by atoms with Gasteiger partial charge >= 0.3 is 0 Å². The highest BCUT2D eigenvalue weighted by atomic mass is 16.6. The molecule has 0 unspecified atom stereocenters. The zero-order valence-corrected chi connectivity index (χ0v) is 15.6. The molecule has 0 bridgehead atoms. The van der Waals surface area contributed by atoms with E-state index in [9.17, 15) is 10.1 Å². The molecule has 2 heterocycles. The molecule has 0 spiro atoms. The highest BCUT2D eigenvalue weighted by molar-refractivity contribution is 5.70. The Hall–Kier alpha value is -3.94. The second-order valence-corrected chi connectivity index (χ2v) is 6.41. The van der Waals surface area contributed by atoms with Crippen molar-refractivity contribution in [1.29, 1.82) is 0 Å². The quantitative estimate of drug-likeness (QED) is 0.329. The maximum absolute atomic E-state index is 11.7. The summed E-state index contributed by atoms with van der Waals surface area (Å²) < 4.78 is 10.5. The Balaban J connectivity index is 1.64. The average molecular weight is 390 g/mol. The van der Waals surface area contributed by atoms with Crippen LogP contribution in [0.5, 0.6) is 0 Å². The fourth-order valence-corrected chi connectivity index (χ4v) is 3.08. The number of nitrogens with one attached hydrogen (secondary N) is 1. The van der Waals surface area contributed by atoms with Crippen LogP contribution in [0.2, 0.25) is 0 Å². The van der Waals surface area contributed by atoms with E-state index in [2.05, 4.69) is 15.5 Å². The molecule has 0 aliphatic heterocycles. The van der Waals surface area contributed by atoms with Gasteiger partial charge in [-0.25, -0.2) is 0 Å². The number of furan rings is 1. The fraction of sp³-hybridized carbons (Fsp3) is 0.143. The van der Waals surface area contributed by atoms with Crippen LogP contribution < -0.4 is 5.32 Å². The molecule has 8 nitrogen and oxygen atoms in total. The predicted octanol–water partition coefficient (Wildman–Crippen LogP) is 5.47. The van der Waals surface area contributed by atoms with E-state index in [1.165, 1.54) is 12.3 Å². The van der Waals surface area contributed by atoms with E-state index < -0.39 is 4.92 Å². The minimum Gasteiger partial charge on any atom is -0.461 e. The Labute approximate surface area is 166 Å². The van der Waals surface area contributed by atoms with Gasteiger partial charge in [-0.3, -0.25) is 10.1 Å². The molecule has 8 heteroatoms. The lowest BCUT2D eigenvalue weighted by molar-refractivity contribution is -0.383. The summed E-state index contributed by atoms with van der Waals surface area (Å²) in [7, 11) is 0. The number of rotatable bonds is 7. The van der Waals surface area contributed by atoms with Gasteiger partial charge in [0.2, 0.25) is 5.82 Å². The van der Waals surface area contributed by atoms with E-state index in [4.69, 9.17) is 8.94 Å². The summed E-state index contributed by atoms with van der Waals surface area (Å²) in [6, 6.07) is 18.0. The Morgan fingerprint density at radius 3 is 2.66 bits per heavy atom. The highest BCUT2D eigenvalue weighted by Gasteiger charge is 2.21. The molecule has 29 heavy (non-hydrogen) atoms. The summed E-state index contributed by atoms with van der Waals surface area (Å²) in [5.41, 5.74) is 1.89. The maximum Gasteiger partial charge on any atom is 0.293 e. The van der Waals surface area contributed by atoms with Crippen LogP contribution in [-0.4, -0.2) is 15.1 Å². The van der Waals surface area contributed by atoms with Crippen LogP contribution in [0.25, 0.3) is 23.0 Å². The number of benzene rings is 2. The number of hydrogen-bond donors (Lipinski definition) is 1. The Morgan fingerprint density at radius 2 is 1.97 bits per heavy atom. The van der Waals surface area contributed by atoms with Gasteiger partial charge in [-0.1, -0.05) is 42.4 Å². The summed E-state index contributed by atoms with van der Waals surface area (Å²) in [6.07, 6.45) is 2.28. The van der Waals surface area contributed by atoms with Gasteiger partial charge in [0.15, 0.2) is 5.76 Å². The Morgan fingerprint density at radius 1 is 1.14 bits per heavy atom. The molecule has 0 saturated heterocycles. The van der Waals surface area contributed by atoms with Gasteiger partial charge < -0.3 is 14.3 Å². The maximum atomic E-state index is 11.7. The summed E-state index contributed by atoms with van der Waals surface area (Å²) in [5, 5.41) is 18.8. The average Bonchev–Trinajstić information content (AvgIpc) is 3.44. The molecular weight excluding hydrogens is 372 g/mol. The van der Waals surface area contributed by atoms with Crippen LogP contribution in [-0.2, 0) is 0 Å². The van der Waals surface area contributed by atoms with Crippen molar-refractivity contribution < 1.29 is 13.9 Å². The molecule has 0 aliphatic rings. The molecule has 0 fully saturated rings. The van der Waals surface area contributed by atoms with Gasteiger partial charge in [-0.2, -0.15) is 4.98 Å². The van der Waals surface area contributed by atoms with E-state index >= 15 is 0 Å². The van der Waals surface area contributed by atoms with Gasteiger partial charge in [0.25, 0.3) is 11.6 Å². The van der Waals surface area contributed by atoms with Crippen molar-refractivity contribution in [3.05, 3.63) is 82.6 Å². The van der Waals surface area contributed by atoms with Crippen molar-refractivity contribution in [2.45, 2.75) is 19.4 Å². The van der Waals surface area contributed by atoms with E-state index in [1.54, 1.807) is 24.3 Å². The predicted molar refractivity (Wildman–Crippen MR) is 107 cm³/mol. The number of nitro groups is 1. The summed E-state index contributed by atoms with van der Waals surface area (Å²) >= 11 is 0. The first-order valence-corrected chi connectivity index (χ1v) is 9.13. The van der Waals surface area contributed by atoms with Gasteiger partial charge in [0.05, 0.1) is 17.2 Å². The van der Waals surface area contributed by atoms with Crippen LogP contribution in [0.3, 0.4) is 0 Å². The molecule has 0 aliphatic carbocycles. The number of aromatic nitrogens is 2. The van der Waals surface area contributed by atoms with Crippen LogP contribution in [0.15, 0.2) is 75.9 Å². The zero-order chi connectivity index (χ0) is 20.2. The minimum absolute atomic E-state index is 0.0466. The van der Waals surface area contributed by atoms with Crippen LogP contribution in [0.1, 0.15) is 24.9 Å². The van der Waals surface area contributed by atoms with E-state index in [-0.39, 0.29) is 23.4 Å². The Bertz CT molecular complexity index is 1110. The van der Waals surface area contributed by atoms with Crippen molar-refractivity contribution in [2.75, 3.05) is 5.32 Å². The van der Waals surface area contributed by atoms with E-state index in [0.717, 1.165) is 12.0 Å². The molecule has 2 aromatic carbocycles. The number of nitrogens with zero attached hydrogens (tertiary/aromatic N) is 3. The lowest BCUT2D eigenvalue weighted by Gasteiger charge is -2.18. The molecule has 4 aromatic rings. The summed E-state index contributed by atoms with van der Waals surface area (Å²) in [5.74, 6) is 0.924. The molecule has 4 rings (SSSR count). The minimum atomic E-state index is -0.423. The molecule has 0 amide bonds. The smallest absolute Gasteiger partial charge is 0.293 e. The normalized spacial score (nSPS) is 11.9. The van der Waals surface area contributed by atoms with E-state index in [1.807, 2.05) is 37.3 Å². The van der Waals surface area contributed by atoms with Crippen LogP contribution in [0.4, 0.5) is 11.4 Å². The molecule has 1 N–H and O–H groups in total. The van der Waals surface area contributed by atoms with Gasteiger partial charge in [0.1, 0.15) is 5.69 Å². The van der Waals surface area contributed by atoms with Crippen molar-refractivity contribution in [3.8, 4) is 23.0 Å². The number of hydrogen-bond acceptors (Lipinski definition) is 7. The van der Waals surface area contributed by atoms with Crippen molar-refractivity contribution in [3.63, 3.8) is 0 Å². The summed E-state index contributed by atoms with van der Waals surface area (Å²) in [6.45, 7) is 2.03. The van der Waals surface area contributed by atoms with Crippen molar-refractivity contribution >= 4 is 11.4 Å². The Kier molecular flexibility index (Phi) is 5.07. The lowest BCUT2D eigenvalue weighted by Crippen LogP contribution is -2.11. The highest BCUT2D eigenvalue weighted by Crippen LogP contribution is 2.33. The third kappa shape index (κ3) is 3.86. The van der Waals surface area contributed by atoms with Crippen LogP contribution >= 0.6 is 0 Å². The van der Waals surface area contributed by atoms with Gasteiger partial charge in [0, 0.05) is 11.6 Å². The number of nitro benzene ring substituents is 1. The molecule has 2 aromatic heterocycles. The molecule has 146 valence electrons. The molecule has 0 radical (unpaired) electrons. The third-order valence-corrected chi connectivity index (χ3v) is 4.55. The first-order chi connectivity index (χ1) is 14.2. The zero-order valence-electron chi connectivity index (χ0n) is 15.6. The largest absolute Gasteiger partial charge is 0.461 e. The standard InChI is InChI=1S/C21H18N4O4/c1-2-16(14-7-4-3-5-8-14)22-17-11-10-15(13-18(17)25(26)27)21-23-20(24-29-21)19-9-6-12-28-19/h3-13,16,22H,2H2,1H3/t16-/m0/s1. The van der Waals surface area contributed by atoms with Crippen LogP contribution in [0, 0.1) is 10.1 Å². The first kappa shape index (κ1) is 18.4. The first-order valence-electron chi connectivity index (χ1n) is 9.13. The van der Waals surface area contributed by atoms with E-state index in [0.29, 0.717) is 17.0 Å². The second kappa shape index (κ2) is 7.97. The third-order valence-electron chi connectivity index (χ3n) is 4.55.